The van der Waals surface area contributed by atoms with Crippen LogP contribution < -0.4 is 10.2 Å². The van der Waals surface area contributed by atoms with Crippen LogP contribution in [0, 0.1) is 17.6 Å². The van der Waals surface area contributed by atoms with Gasteiger partial charge in [-0.1, -0.05) is 0 Å². The molecule has 2 amide bonds. The standard InChI is InChI=1S/C23H26F2N4O4S/c24-18-1-5-20(6-2-18)29-16-17(15-22(29)30)23(31)26-9-10-27-11-13-28(14-12-27)34(32,33)21-7-3-19(25)4-8-21/h1-8,17H,9-16H2,(H,26,31). The van der Waals surface area contributed by atoms with E-state index in [1.54, 1.807) is 0 Å². The van der Waals surface area contributed by atoms with Crippen molar-refractivity contribution < 1.29 is 26.8 Å². The summed E-state index contributed by atoms with van der Waals surface area (Å²) in [6, 6.07) is 10.4. The van der Waals surface area contributed by atoms with Gasteiger partial charge in [0.15, 0.2) is 0 Å². The van der Waals surface area contributed by atoms with E-state index in [2.05, 4.69) is 10.2 Å². The Morgan fingerprint density at radius 3 is 2.15 bits per heavy atom. The number of benzene rings is 2. The van der Waals surface area contributed by atoms with Gasteiger partial charge in [-0.05, 0) is 48.5 Å². The van der Waals surface area contributed by atoms with Gasteiger partial charge in [0.25, 0.3) is 0 Å². The summed E-state index contributed by atoms with van der Waals surface area (Å²) in [7, 11) is -3.67. The molecule has 0 bridgehead atoms. The summed E-state index contributed by atoms with van der Waals surface area (Å²) >= 11 is 0. The number of anilines is 1. The molecule has 2 heterocycles. The van der Waals surface area contributed by atoms with Crippen molar-refractivity contribution in [3.63, 3.8) is 0 Å². The second kappa shape index (κ2) is 10.2. The van der Waals surface area contributed by atoms with Gasteiger partial charge < -0.3 is 10.2 Å². The summed E-state index contributed by atoms with van der Waals surface area (Å²) in [4.78, 5) is 28.5. The van der Waals surface area contributed by atoms with E-state index in [0.29, 0.717) is 45.0 Å². The van der Waals surface area contributed by atoms with Gasteiger partial charge in [0, 0.05) is 57.9 Å². The van der Waals surface area contributed by atoms with Gasteiger partial charge in [0.2, 0.25) is 21.8 Å². The van der Waals surface area contributed by atoms with E-state index in [1.165, 1.54) is 45.6 Å². The fourth-order valence-electron chi connectivity index (χ4n) is 4.18. The van der Waals surface area contributed by atoms with Crippen LogP contribution in [0.5, 0.6) is 0 Å². The number of sulfonamides is 1. The molecule has 2 aliphatic rings. The molecule has 1 atom stereocenters. The van der Waals surface area contributed by atoms with Crippen LogP contribution in [0.15, 0.2) is 53.4 Å². The largest absolute Gasteiger partial charge is 0.355 e. The number of nitrogens with one attached hydrogen (secondary N) is 1. The Balaban J connectivity index is 1.21. The third-order valence-corrected chi connectivity index (χ3v) is 8.06. The van der Waals surface area contributed by atoms with Gasteiger partial charge >= 0.3 is 0 Å². The molecule has 8 nitrogen and oxygen atoms in total. The number of hydrogen-bond acceptors (Lipinski definition) is 5. The number of hydrogen-bond donors (Lipinski definition) is 1. The lowest BCUT2D eigenvalue weighted by Gasteiger charge is -2.34. The molecule has 1 unspecified atom stereocenters. The lowest BCUT2D eigenvalue weighted by Crippen LogP contribution is -2.50. The average Bonchev–Trinajstić information content (AvgIpc) is 3.22. The molecule has 4 rings (SSSR count). The van der Waals surface area contributed by atoms with E-state index < -0.39 is 27.6 Å². The SMILES string of the molecule is O=C(NCCN1CCN(S(=O)(=O)c2ccc(F)cc2)CC1)C1CC(=O)N(c2ccc(F)cc2)C1. The molecule has 182 valence electrons. The normalized spacial score (nSPS) is 20.0. The maximum absolute atomic E-state index is 13.1. The average molecular weight is 493 g/mol. The smallest absolute Gasteiger partial charge is 0.243 e. The molecule has 0 spiro atoms. The Morgan fingerprint density at radius 1 is 0.941 bits per heavy atom. The number of piperazine rings is 1. The number of carbonyl (C=O) groups is 2. The fourth-order valence-corrected chi connectivity index (χ4v) is 5.61. The summed E-state index contributed by atoms with van der Waals surface area (Å²) in [5.74, 6) is -1.74. The van der Waals surface area contributed by atoms with Gasteiger partial charge in [-0.25, -0.2) is 17.2 Å². The molecule has 0 aromatic heterocycles. The first-order valence-corrected chi connectivity index (χ1v) is 12.5. The number of amides is 2. The van der Waals surface area contributed by atoms with Crippen molar-refractivity contribution in [1.82, 2.24) is 14.5 Å². The molecule has 2 aromatic carbocycles. The predicted octanol–water partition coefficient (Wildman–Crippen LogP) is 1.44. The summed E-state index contributed by atoms with van der Waals surface area (Å²) in [6.45, 7) is 2.81. The van der Waals surface area contributed by atoms with Crippen molar-refractivity contribution in [3.05, 3.63) is 60.2 Å². The monoisotopic (exact) mass is 492 g/mol. The third-order valence-electron chi connectivity index (χ3n) is 6.14. The lowest BCUT2D eigenvalue weighted by molar-refractivity contribution is -0.126. The van der Waals surface area contributed by atoms with Crippen LogP contribution in [0.4, 0.5) is 14.5 Å². The second-order valence-electron chi connectivity index (χ2n) is 8.37. The minimum absolute atomic E-state index is 0.0652. The zero-order valence-corrected chi connectivity index (χ0v) is 19.3. The van der Waals surface area contributed by atoms with Crippen molar-refractivity contribution in [2.75, 3.05) is 50.7 Å². The van der Waals surface area contributed by atoms with Gasteiger partial charge in [-0.2, -0.15) is 4.31 Å². The van der Waals surface area contributed by atoms with Crippen LogP contribution in [0.1, 0.15) is 6.42 Å². The Morgan fingerprint density at radius 2 is 1.53 bits per heavy atom. The highest BCUT2D eigenvalue weighted by atomic mass is 32.2. The minimum Gasteiger partial charge on any atom is -0.355 e. The topological polar surface area (TPSA) is 90.0 Å². The van der Waals surface area contributed by atoms with Crippen molar-refractivity contribution >= 4 is 27.5 Å². The summed E-state index contributed by atoms with van der Waals surface area (Å²) in [6.07, 6.45) is 0.100. The van der Waals surface area contributed by atoms with Crippen LogP contribution in [0.3, 0.4) is 0 Å². The molecule has 0 radical (unpaired) electrons. The summed E-state index contributed by atoms with van der Waals surface area (Å²) in [5.41, 5.74) is 0.565. The third kappa shape index (κ3) is 5.43. The molecular weight excluding hydrogens is 466 g/mol. The molecular formula is C23H26F2N4O4S. The van der Waals surface area contributed by atoms with Crippen LogP contribution in [-0.2, 0) is 19.6 Å². The van der Waals surface area contributed by atoms with E-state index in [9.17, 15) is 26.8 Å². The molecule has 2 aromatic rings. The van der Waals surface area contributed by atoms with Gasteiger partial charge in [0.05, 0.1) is 10.8 Å². The van der Waals surface area contributed by atoms with E-state index in [4.69, 9.17) is 0 Å². The van der Waals surface area contributed by atoms with E-state index in [0.717, 1.165) is 12.1 Å². The Bertz CT molecular complexity index is 1130. The van der Waals surface area contributed by atoms with E-state index >= 15 is 0 Å². The Labute approximate surface area is 197 Å². The number of carbonyl (C=O) groups excluding carboxylic acids is 2. The van der Waals surface area contributed by atoms with Crippen LogP contribution in [0.25, 0.3) is 0 Å². The van der Waals surface area contributed by atoms with Gasteiger partial charge in [0.1, 0.15) is 11.6 Å². The van der Waals surface area contributed by atoms with E-state index in [1.807, 2.05) is 0 Å². The number of nitrogens with zero attached hydrogens (tertiary/aromatic N) is 3. The zero-order valence-electron chi connectivity index (χ0n) is 18.5. The van der Waals surface area contributed by atoms with E-state index in [-0.39, 0.29) is 29.7 Å². The Kier molecular flexibility index (Phi) is 7.24. The van der Waals surface area contributed by atoms with Crippen molar-refractivity contribution in [1.29, 1.82) is 0 Å². The van der Waals surface area contributed by atoms with Gasteiger partial charge in [-0.15, -0.1) is 0 Å². The highest BCUT2D eigenvalue weighted by Gasteiger charge is 2.35. The van der Waals surface area contributed by atoms with Crippen LogP contribution in [0.2, 0.25) is 0 Å². The minimum atomic E-state index is -3.67. The molecule has 2 fully saturated rings. The molecule has 1 N–H and O–H groups in total. The first-order valence-electron chi connectivity index (χ1n) is 11.1. The molecule has 11 heteroatoms. The first kappa shape index (κ1) is 24.2. The first-order chi connectivity index (χ1) is 16.2. The lowest BCUT2D eigenvalue weighted by atomic mass is 10.1. The zero-order chi connectivity index (χ0) is 24.3. The van der Waals surface area contributed by atoms with Crippen molar-refractivity contribution in [2.24, 2.45) is 5.92 Å². The number of halogens is 2. The second-order valence-corrected chi connectivity index (χ2v) is 10.3. The molecule has 2 saturated heterocycles. The summed E-state index contributed by atoms with van der Waals surface area (Å²) in [5, 5.41) is 2.86. The Hall–Kier alpha value is -2.89. The fraction of sp³-hybridized carbons (Fsp3) is 0.391. The van der Waals surface area contributed by atoms with Crippen LogP contribution in [-0.4, -0.2) is 75.3 Å². The van der Waals surface area contributed by atoms with Crippen LogP contribution >= 0.6 is 0 Å². The molecule has 0 saturated carbocycles. The highest BCUT2D eigenvalue weighted by Crippen LogP contribution is 2.25. The highest BCUT2D eigenvalue weighted by molar-refractivity contribution is 7.89. The molecule has 34 heavy (non-hydrogen) atoms. The number of rotatable bonds is 7. The van der Waals surface area contributed by atoms with Crippen molar-refractivity contribution in [3.8, 4) is 0 Å². The molecule has 2 aliphatic heterocycles. The maximum atomic E-state index is 13.1. The predicted molar refractivity (Wildman–Crippen MR) is 121 cm³/mol. The maximum Gasteiger partial charge on any atom is 0.243 e. The van der Waals surface area contributed by atoms with Gasteiger partial charge in [-0.3, -0.25) is 14.5 Å². The quantitative estimate of drug-likeness (QED) is 0.632. The molecule has 0 aliphatic carbocycles. The van der Waals surface area contributed by atoms with Crippen molar-refractivity contribution in [2.45, 2.75) is 11.3 Å². The summed E-state index contributed by atoms with van der Waals surface area (Å²) < 4.78 is 53.0.